The fraction of sp³-hybridized carbons (Fsp3) is 0.375. The van der Waals surface area contributed by atoms with Crippen LogP contribution in [-0.2, 0) is 20.8 Å². The van der Waals surface area contributed by atoms with Crippen molar-refractivity contribution >= 4 is 41.0 Å². The molecule has 1 heterocycles. The molecule has 1 aromatic heterocycles. The molecule has 1 fully saturated rings. The Morgan fingerprint density at radius 2 is 1.89 bits per heavy atom. The van der Waals surface area contributed by atoms with Gasteiger partial charge < -0.3 is 26.0 Å². The van der Waals surface area contributed by atoms with Gasteiger partial charge in [0.15, 0.2) is 17.1 Å². The summed E-state index contributed by atoms with van der Waals surface area (Å²) in [5.74, 6) is -6.76. The number of benzene rings is 1. The molecule has 1 saturated carbocycles. The van der Waals surface area contributed by atoms with E-state index in [4.69, 9.17) is 15.9 Å². The molecular formula is C24H26FN3O7S. The lowest BCUT2D eigenvalue weighted by Crippen LogP contribution is -2.52. The number of esters is 1. The molecule has 0 spiro atoms. The zero-order chi connectivity index (χ0) is 26.8. The molecule has 1 aromatic carbocycles. The molecule has 0 radical (unpaired) electrons. The molecule has 2 atom stereocenters. The maximum atomic E-state index is 14.2. The number of amidine groups is 1. The van der Waals surface area contributed by atoms with Crippen LogP contribution < -0.4 is 15.8 Å². The first-order valence-electron chi connectivity index (χ1n) is 11.1. The van der Waals surface area contributed by atoms with Gasteiger partial charge in [-0.25, -0.2) is 14.0 Å². The van der Waals surface area contributed by atoms with Gasteiger partial charge in [0, 0.05) is 10.4 Å². The quantitative estimate of drug-likeness (QED) is 0.130. The van der Waals surface area contributed by atoms with E-state index in [1.807, 2.05) is 0 Å². The number of ether oxygens (including phenoxy) is 1. The highest BCUT2D eigenvalue weighted by Gasteiger charge is 2.66. The molecule has 0 saturated heterocycles. The standard InChI is InChI=1S/C24H26FN3O7S/c1-3-23(4-2,21(32)28-24(22(33)34)11-14(24)19(29)30)10-13-6-8-17(36-13)20(31)35-16-7-5-12(18(26)27)9-15(16)25/h5-9,14H,3-4,10-11H2,1-2H3,(H3,26,27)(H,28,32)(H,29,30)(H,33,34). The minimum Gasteiger partial charge on any atom is -0.481 e. The molecule has 0 aliphatic heterocycles. The number of aliphatic carboxylic acids is 2. The van der Waals surface area contributed by atoms with E-state index in [0.717, 1.165) is 17.4 Å². The van der Waals surface area contributed by atoms with Crippen molar-refractivity contribution in [2.45, 2.75) is 45.1 Å². The van der Waals surface area contributed by atoms with E-state index < -0.39 is 46.5 Å². The first-order chi connectivity index (χ1) is 16.9. The Kier molecular flexibility index (Phi) is 7.48. The number of nitrogens with two attached hydrogens (primary N) is 1. The lowest BCUT2D eigenvalue weighted by Gasteiger charge is -2.31. The Labute approximate surface area is 209 Å². The Morgan fingerprint density at radius 3 is 2.39 bits per heavy atom. The normalized spacial score (nSPS) is 18.8. The maximum absolute atomic E-state index is 14.2. The summed E-state index contributed by atoms with van der Waals surface area (Å²) in [7, 11) is 0. The number of carbonyl (C=O) groups is 4. The van der Waals surface area contributed by atoms with Crippen LogP contribution in [0, 0.1) is 22.6 Å². The number of amides is 1. The van der Waals surface area contributed by atoms with Crippen molar-refractivity contribution in [3.05, 3.63) is 51.5 Å². The molecule has 2 aromatic rings. The van der Waals surface area contributed by atoms with Crippen LogP contribution in [0.2, 0.25) is 0 Å². The van der Waals surface area contributed by atoms with Crippen molar-refractivity contribution in [3.8, 4) is 5.75 Å². The number of hydrogen-bond donors (Lipinski definition) is 5. The second-order valence-electron chi connectivity index (χ2n) is 8.70. The molecule has 36 heavy (non-hydrogen) atoms. The smallest absolute Gasteiger partial charge is 0.353 e. The number of thiophene rings is 1. The number of nitrogens with one attached hydrogen (secondary N) is 2. The van der Waals surface area contributed by atoms with Crippen molar-refractivity contribution in [3.63, 3.8) is 0 Å². The molecule has 192 valence electrons. The number of hydrogen-bond acceptors (Lipinski definition) is 7. The van der Waals surface area contributed by atoms with Crippen LogP contribution in [-0.4, -0.2) is 45.4 Å². The number of carboxylic acid groups (broad SMARTS) is 2. The van der Waals surface area contributed by atoms with Gasteiger partial charge in [0.05, 0.1) is 11.3 Å². The highest BCUT2D eigenvalue weighted by molar-refractivity contribution is 7.14. The van der Waals surface area contributed by atoms with Crippen LogP contribution in [0.1, 0.15) is 53.2 Å². The third kappa shape index (κ3) is 5.08. The topological polar surface area (TPSA) is 180 Å². The molecule has 3 rings (SSSR count). The lowest BCUT2D eigenvalue weighted by atomic mass is 9.77. The van der Waals surface area contributed by atoms with Gasteiger partial charge in [-0.2, -0.15) is 0 Å². The maximum Gasteiger partial charge on any atom is 0.353 e. The number of rotatable bonds is 11. The van der Waals surface area contributed by atoms with Crippen molar-refractivity contribution in [2.24, 2.45) is 17.1 Å². The van der Waals surface area contributed by atoms with E-state index in [1.165, 1.54) is 18.2 Å². The molecular weight excluding hydrogens is 493 g/mol. The van der Waals surface area contributed by atoms with Crippen molar-refractivity contribution in [2.75, 3.05) is 0 Å². The van der Waals surface area contributed by atoms with Gasteiger partial charge in [-0.15, -0.1) is 11.3 Å². The van der Waals surface area contributed by atoms with E-state index >= 15 is 0 Å². The van der Waals surface area contributed by atoms with Crippen molar-refractivity contribution in [1.82, 2.24) is 5.32 Å². The Hall–Kier alpha value is -3.80. The van der Waals surface area contributed by atoms with Crippen molar-refractivity contribution < 1.29 is 38.5 Å². The minimum atomic E-state index is -1.83. The molecule has 10 nitrogen and oxygen atoms in total. The minimum absolute atomic E-state index is 0.144. The van der Waals surface area contributed by atoms with E-state index in [-0.39, 0.29) is 34.9 Å². The summed E-state index contributed by atoms with van der Waals surface area (Å²) in [5.41, 5.74) is 2.60. The molecule has 1 amide bonds. The van der Waals surface area contributed by atoms with E-state index in [1.54, 1.807) is 19.9 Å². The van der Waals surface area contributed by atoms with Gasteiger partial charge in [0.25, 0.3) is 0 Å². The summed E-state index contributed by atoms with van der Waals surface area (Å²) in [5, 5.41) is 28.6. The lowest BCUT2D eigenvalue weighted by molar-refractivity contribution is -0.149. The van der Waals surface area contributed by atoms with Crippen LogP contribution in [0.15, 0.2) is 30.3 Å². The molecule has 2 unspecified atom stereocenters. The van der Waals surface area contributed by atoms with Crippen molar-refractivity contribution in [1.29, 1.82) is 5.41 Å². The zero-order valence-corrected chi connectivity index (χ0v) is 20.4. The van der Waals surface area contributed by atoms with E-state index in [2.05, 4.69) is 5.32 Å². The van der Waals surface area contributed by atoms with Gasteiger partial charge in [-0.3, -0.25) is 15.0 Å². The molecule has 6 N–H and O–H groups in total. The van der Waals surface area contributed by atoms with E-state index in [0.29, 0.717) is 17.7 Å². The molecule has 1 aliphatic rings. The summed E-state index contributed by atoms with van der Waals surface area (Å²) < 4.78 is 19.3. The zero-order valence-electron chi connectivity index (χ0n) is 19.6. The van der Waals surface area contributed by atoms with Gasteiger partial charge >= 0.3 is 17.9 Å². The fourth-order valence-electron chi connectivity index (χ4n) is 4.04. The number of nitrogen functional groups attached to an aromatic ring is 1. The van der Waals surface area contributed by atoms with Gasteiger partial charge in [-0.05, 0) is 56.0 Å². The first kappa shape index (κ1) is 26.8. The Morgan fingerprint density at radius 1 is 1.22 bits per heavy atom. The number of carbonyl (C=O) groups excluding carboxylic acids is 2. The van der Waals surface area contributed by atoms with Gasteiger partial charge in [-0.1, -0.05) is 13.8 Å². The average molecular weight is 520 g/mol. The second-order valence-corrected chi connectivity index (χ2v) is 9.87. The molecule has 1 aliphatic carbocycles. The average Bonchev–Trinajstić information content (AvgIpc) is 3.38. The summed E-state index contributed by atoms with van der Waals surface area (Å²) in [6.07, 6.45) is 0.674. The summed E-state index contributed by atoms with van der Waals surface area (Å²) in [6.45, 7) is 3.54. The predicted octanol–water partition coefficient (Wildman–Crippen LogP) is 2.78. The third-order valence-electron chi connectivity index (χ3n) is 6.63. The number of halogens is 1. The second kappa shape index (κ2) is 10.1. The Balaban J connectivity index is 1.75. The highest BCUT2D eigenvalue weighted by atomic mass is 32.1. The van der Waals surface area contributed by atoms with E-state index in [9.17, 15) is 33.8 Å². The summed E-state index contributed by atoms with van der Waals surface area (Å²) in [6, 6.07) is 6.65. The van der Waals surface area contributed by atoms with Crippen LogP contribution in [0.25, 0.3) is 0 Å². The largest absolute Gasteiger partial charge is 0.481 e. The third-order valence-corrected chi connectivity index (χ3v) is 7.70. The SMILES string of the molecule is CCC(CC)(Cc1ccc(C(=O)Oc2ccc(C(=N)N)cc2F)s1)C(=O)NC1(C(=O)O)CC1C(=O)O. The summed E-state index contributed by atoms with van der Waals surface area (Å²) >= 11 is 1.05. The molecule has 12 heteroatoms. The monoisotopic (exact) mass is 519 g/mol. The Bertz CT molecular complexity index is 1240. The van der Waals surface area contributed by atoms with Crippen LogP contribution in [0.5, 0.6) is 5.75 Å². The molecule has 0 bridgehead atoms. The van der Waals surface area contributed by atoms with Gasteiger partial charge in [0.2, 0.25) is 5.91 Å². The fourth-order valence-corrected chi connectivity index (χ4v) is 5.07. The summed E-state index contributed by atoms with van der Waals surface area (Å²) in [4.78, 5) is 49.6. The van der Waals surface area contributed by atoms with Crippen LogP contribution >= 0.6 is 11.3 Å². The number of carboxylic acids is 2. The highest BCUT2D eigenvalue weighted by Crippen LogP contribution is 2.45. The van der Waals surface area contributed by atoms with Crippen LogP contribution in [0.3, 0.4) is 0 Å². The first-order valence-corrected chi connectivity index (χ1v) is 11.9. The predicted molar refractivity (Wildman–Crippen MR) is 128 cm³/mol. The van der Waals surface area contributed by atoms with Crippen LogP contribution in [0.4, 0.5) is 4.39 Å². The van der Waals surface area contributed by atoms with Gasteiger partial charge in [0.1, 0.15) is 10.7 Å².